The number of hydrogen-bond acceptors (Lipinski definition) is 9. The molecular weight excluding hydrogens is 462 g/mol. The quantitative estimate of drug-likeness (QED) is 0.347. The van der Waals surface area contributed by atoms with Gasteiger partial charge in [0.05, 0.1) is 31.5 Å². The molecule has 0 spiro atoms. The standard InChI is InChI=1S/C23H25N3O5S2/c1-3-30-22(28)20-16-6-4-5-7-17(16)33-21(20)24-18(27)13-32-23-26-25-19(31-23)12-14-8-10-15(29-2)11-9-14/h8-11H,3-7,12-13H2,1-2H3,(H,24,27). The number of carbonyl (C=O) groups is 2. The fraction of sp³-hybridized carbons (Fsp3) is 0.391. The van der Waals surface area contributed by atoms with Crippen LogP contribution in [0.2, 0.25) is 0 Å². The molecule has 0 aliphatic heterocycles. The van der Waals surface area contributed by atoms with Gasteiger partial charge in [0.15, 0.2) is 0 Å². The van der Waals surface area contributed by atoms with Crippen molar-refractivity contribution in [1.29, 1.82) is 0 Å². The number of carbonyl (C=O) groups excluding carboxylic acids is 2. The third-order valence-electron chi connectivity index (χ3n) is 5.19. The Balaban J connectivity index is 1.36. The van der Waals surface area contributed by atoms with Gasteiger partial charge in [0.2, 0.25) is 11.8 Å². The Bertz CT molecular complexity index is 1120. The van der Waals surface area contributed by atoms with E-state index in [1.807, 2.05) is 24.3 Å². The van der Waals surface area contributed by atoms with Crippen LogP contribution in [0.5, 0.6) is 5.75 Å². The minimum Gasteiger partial charge on any atom is -0.497 e. The van der Waals surface area contributed by atoms with Crippen molar-refractivity contribution < 1.29 is 23.5 Å². The number of esters is 1. The van der Waals surface area contributed by atoms with Crippen LogP contribution in [0.4, 0.5) is 5.00 Å². The molecule has 8 nitrogen and oxygen atoms in total. The van der Waals surface area contributed by atoms with Crippen molar-refractivity contribution in [3.05, 3.63) is 51.7 Å². The highest BCUT2D eigenvalue weighted by Gasteiger charge is 2.27. The number of nitrogens with zero attached hydrogens (tertiary/aromatic N) is 2. The van der Waals surface area contributed by atoms with Gasteiger partial charge in [-0.3, -0.25) is 4.79 Å². The molecule has 0 unspecified atom stereocenters. The maximum Gasteiger partial charge on any atom is 0.341 e. The molecule has 2 heterocycles. The predicted octanol–water partition coefficient (Wildman–Crippen LogP) is 4.52. The molecule has 33 heavy (non-hydrogen) atoms. The van der Waals surface area contributed by atoms with Crippen LogP contribution in [0, 0.1) is 0 Å². The summed E-state index contributed by atoms with van der Waals surface area (Å²) in [6, 6.07) is 7.62. The predicted molar refractivity (Wildman–Crippen MR) is 126 cm³/mol. The van der Waals surface area contributed by atoms with Crippen LogP contribution in [0.25, 0.3) is 0 Å². The van der Waals surface area contributed by atoms with Crippen LogP contribution in [0.1, 0.15) is 52.0 Å². The van der Waals surface area contributed by atoms with E-state index < -0.39 is 0 Å². The Kier molecular flexibility index (Phi) is 7.66. The van der Waals surface area contributed by atoms with Crippen LogP contribution in [0.3, 0.4) is 0 Å². The minimum absolute atomic E-state index is 0.0923. The van der Waals surface area contributed by atoms with Crippen LogP contribution in [-0.4, -0.2) is 41.5 Å². The molecule has 2 aromatic heterocycles. The highest BCUT2D eigenvalue weighted by Crippen LogP contribution is 2.38. The minimum atomic E-state index is -0.375. The van der Waals surface area contributed by atoms with E-state index in [0.717, 1.165) is 59.2 Å². The summed E-state index contributed by atoms with van der Waals surface area (Å²) in [5, 5.41) is 11.9. The first kappa shape index (κ1) is 23.3. The summed E-state index contributed by atoms with van der Waals surface area (Å²) in [4.78, 5) is 26.3. The number of fused-ring (bicyclic) bond motifs is 1. The zero-order valence-corrected chi connectivity index (χ0v) is 20.1. The highest BCUT2D eigenvalue weighted by atomic mass is 32.2. The van der Waals surface area contributed by atoms with Crippen LogP contribution in [-0.2, 0) is 28.8 Å². The van der Waals surface area contributed by atoms with E-state index in [4.69, 9.17) is 13.9 Å². The Morgan fingerprint density at radius 1 is 1.18 bits per heavy atom. The topological polar surface area (TPSA) is 104 Å². The Labute approximate surface area is 200 Å². The Hall–Kier alpha value is -2.85. The van der Waals surface area contributed by atoms with Gasteiger partial charge in [-0.15, -0.1) is 21.5 Å². The van der Waals surface area contributed by atoms with Crippen molar-refractivity contribution in [2.45, 2.75) is 44.3 Å². The van der Waals surface area contributed by atoms with Crippen LogP contribution >= 0.6 is 23.1 Å². The normalized spacial score (nSPS) is 12.8. The third-order valence-corrected chi connectivity index (χ3v) is 7.22. The maximum atomic E-state index is 12.6. The fourth-order valence-corrected chi connectivity index (χ4v) is 5.52. The van der Waals surface area contributed by atoms with Gasteiger partial charge in [0.25, 0.3) is 5.22 Å². The number of ether oxygens (including phenoxy) is 2. The average molecular weight is 488 g/mol. The van der Waals surface area contributed by atoms with Gasteiger partial charge in [0.1, 0.15) is 10.8 Å². The molecule has 0 atom stereocenters. The number of aromatic nitrogens is 2. The number of amides is 1. The van der Waals surface area contributed by atoms with Gasteiger partial charge in [0, 0.05) is 4.88 Å². The smallest absolute Gasteiger partial charge is 0.341 e. The van der Waals surface area contributed by atoms with E-state index in [1.54, 1.807) is 14.0 Å². The summed E-state index contributed by atoms with van der Waals surface area (Å²) in [6.45, 7) is 2.07. The first-order valence-corrected chi connectivity index (χ1v) is 12.6. The highest BCUT2D eigenvalue weighted by molar-refractivity contribution is 7.99. The van der Waals surface area contributed by atoms with E-state index in [1.165, 1.54) is 11.3 Å². The number of nitrogens with one attached hydrogen (secondary N) is 1. The molecule has 1 amide bonds. The molecule has 3 aromatic rings. The summed E-state index contributed by atoms with van der Waals surface area (Å²) < 4.78 is 16.1. The van der Waals surface area contributed by atoms with E-state index in [9.17, 15) is 9.59 Å². The first-order chi connectivity index (χ1) is 16.1. The summed E-state index contributed by atoms with van der Waals surface area (Å²) in [6.07, 6.45) is 4.39. The molecule has 1 N–H and O–H groups in total. The second-order valence-corrected chi connectivity index (χ2v) is 9.49. The summed E-state index contributed by atoms with van der Waals surface area (Å²) in [5.74, 6) is 0.733. The lowest BCUT2D eigenvalue weighted by Gasteiger charge is -2.12. The number of hydrogen-bond donors (Lipinski definition) is 1. The van der Waals surface area contributed by atoms with Gasteiger partial charge >= 0.3 is 5.97 Å². The molecule has 1 aliphatic carbocycles. The monoisotopic (exact) mass is 487 g/mol. The lowest BCUT2D eigenvalue weighted by molar-refractivity contribution is -0.113. The number of anilines is 1. The maximum absolute atomic E-state index is 12.6. The number of benzene rings is 1. The van der Waals surface area contributed by atoms with Crippen molar-refractivity contribution in [3.8, 4) is 5.75 Å². The van der Waals surface area contributed by atoms with Crippen molar-refractivity contribution >= 4 is 40.0 Å². The summed E-state index contributed by atoms with van der Waals surface area (Å²) in [7, 11) is 1.62. The van der Waals surface area contributed by atoms with Crippen molar-refractivity contribution in [2.24, 2.45) is 0 Å². The molecule has 1 aliphatic rings. The molecule has 0 bridgehead atoms. The second kappa shape index (κ2) is 10.8. The van der Waals surface area contributed by atoms with Gasteiger partial charge in [-0.2, -0.15) is 0 Å². The number of methoxy groups -OCH3 is 1. The molecule has 0 saturated heterocycles. The fourth-order valence-electron chi connectivity index (χ4n) is 3.65. The molecule has 0 radical (unpaired) electrons. The van der Waals surface area contributed by atoms with E-state index >= 15 is 0 Å². The zero-order valence-electron chi connectivity index (χ0n) is 18.5. The van der Waals surface area contributed by atoms with Crippen molar-refractivity contribution in [3.63, 3.8) is 0 Å². The zero-order chi connectivity index (χ0) is 23.2. The molecule has 174 valence electrons. The van der Waals surface area contributed by atoms with Gasteiger partial charge in [-0.1, -0.05) is 23.9 Å². The number of thioether (sulfide) groups is 1. The van der Waals surface area contributed by atoms with Crippen LogP contribution in [0.15, 0.2) is 33.9 Å². The number of aryl methyl sites for hydroxylation is 1. The van der Waals surface area contributed by atoms with E-state index in [-0.39, 0.29) is 17.6 Å². The molecular formula is C23H25N3O5S2. The number of thiophene rings is 1. The first-order valence-electron chi connectivity index (χ1n) is 10.8. The summed E-state index contributed by atoms with van der Waals surface area (Å²) >= 11 is 2.63. The molecule has 0 fully saturated rings. The van der Waals surface area contributed by atoms with Gasteiger partial charge < -0.3 is 19.2 Å². The largest absolute Gasteiger partial charge is 0.497 e. The lowest BCUT2D eigenvalue weighted by Crippen LogP contribution is -2.17. The number of rotatable bonds is 9. The Morgan fingerprint density at radius 2 is 1.97 bits per heavy atom. The van der Waals surface area contributed by atoms with E-state index in [2.05, 4.69) is 15.5 Å². The molecule has 4 rings (SSSR count). The Morgan fingerprint density at radius 3 is 2.73 bits per heavy atom. The molecule has 1 aromatic carbocycles. The van der Waals surface area contributed by atoms with Crippen molar-refractivity contribution in [1.82, 2.24) is 10.2 Å². The van der Waals surface area contributed by atoms with Gasteiger partial charge in [-0.25, -0.2) is 4.79 Å². The van der Waals surface area contributed by atoms with Gasteiger partial charge in [-0.05, 0) is 55.9 Å². The second-order valence-electron chi connectivity index (χ2n) is 7.46. The van der Waals surface area contributed by atoms with E-state index in [0.29, 0.717) is 34.7 Å². The lowest BCUT2D eigenvalue weighted by atomic mass is 9.95. The third kappa shape index (κ3) is 5.75. The molecule has 10 heteroatoms. The summed E-state index contributed by atoms with van der Waals surface area (Å²) in [5.41, 5.74) is 2.55. The molecule has 0 saturated carbocycles. The SMILES string of the molecule is CCOC(=O)c1c(NC(=O)CSc2nnc(Cc3ccc(OC)cc3)o2)sc2c1CCCC2. The van der Waals surface area contributed by atoms with Crippen LogP contribution < -0.4 is 10.1 Å². The van der Waals surface area contributed by atoms with Crippen molar-refractivity contribution in [2.75, 3.05) is 24.8 Å². The average Bonchev–Trinajstić information content (AvgIpc) is 3.42.